The summed E-state index contributed by atoms with van der Waals surface area (Å²) in [6.07, 6.45) is 0.818. The number of carbonyl (C=O) groups excluding carboxylic acids is 2. The summed E-state index contributed by atoms with van der Waals surface area (Å²) in [6, 6.07) is 14.1. The molecule has 2 aromatic rings. The largest absolute Gasteiger partial charge is 0.497 e. The lowest BCUT2D eigenvalue weighted by Crippen LogP contribution is -2.49. The summed E-state index contributed by atoms with van der Waals surface area (Å²) in [5, 5.41) is 6.56. The smallest absolute Gasteiger partial charge is 0.408 e. The van der Waals surface area contributed by atoms with Crippen molar-refractivity contribution in [1.29, 1.82) is 0 Å². The number of amides is 2. The van der Waals surface area contributed by atoms with Gasteiger partial charge in [0.2, 0.25) is 0 Å². The third-order valence-corrected chi connectivity index (χ3v) is 4.26. The second-order valence-corrected chi connectivity index (χ2v) is 8.16. The van der Waals surface area contributed by atoms with Crippen LogP contribution < -0.4 is 15.5 Å². The van der Waals surface area contributed by atoms with Gasteiger partial charge in [-0.1, -0.05) is 30.3 Å². The fourth-order valence-electron chi connectivity index (χ4n) is 2.66. The van der Waals surface area contributed by atoms with Crippen molar-refractivity contribution in [3.8, 4) is 5.75 Å². The number of methoxy groups -OCH3 is 1. The van der Waals surface area contributed by atoms with Crippen molar-refractivity contribution in [3.05, 3.63) is 65.2 Å². The van der Waals surface area contributed by atoms with Crippen LogP contribution in [0.15, 0.2) is 53.6 Å². The number of rotatable bonds is 9. The van der Waals surface area contributed by atoms with Gasteiger partial charge in [-0.05, 0) is 62.6 Å². The van der Waals surface area contributed by atoms with Crippen molar-refractivity contribution in [3.63, 3.8) is 0 Å². The number of nitrogens with one attached hydrogen (secondary N) is 2. The van der Waals surface area contributed by atoms with Gasteiger partial charge in [0.15, 0.2) is 0 Å². The van der Waals surface area contributed by atoms with Crippen LogP contribution in [0.1, 0.15) is 37.5 Å². The van der Waals surface area contributed by atoms with Crippen molar-refractivity contribution in [1.82, 2.24) is 10.7 Å². The maximum absolute atomic E-state index is 12.7. The Morgan fingerprint density at radius 2 is 1.84 bits per heavy atom. The zero-order chi connectivity index (χ0) is 23.6. The lowest BCUT2D eigenvalue weighted by atomic mass is 10.1. The maximum atomic E-state index is 12.7. The van der Waals surface area contributed by atoms with E-state index in [1.165, 1.54) is 6.21 Å². The predicted molar refractivity (Wildman–Crippen MR) is 123 cm³/mol. The molecular formula is C24H31N3O5. The topological polar surface area (TPSA) is 98.3 Å². The van der Waals surface area contributed by atoms with E-state index in [9.17, 15) is 9.59 Å². The first kappa shape index (κ1) is 24.9. The Kier molecular flexibility index (Phi) is 9.22. The SMILES string of the molecule is COc1ccc(/C=N\NC(=O)[C@H](COCc2ccccc2)NC(=O)OC(C)(C)C)c(C)c1. The Morgan fingerprint density at radius 3 is 2.47 bits per heavy atom. The van der Waals surface area contributed by atoms with Gasteiger partial charge in [-0.3, -0.25) is 4.79 Å². The summed E-state index contributed by atoms with van der Waals surface area (Å²) < 4.78 is 16.1. The van der Waals surface area contributed by atoms with Gasteiger partial charge in [-0.25, -0.2) is 10.2 Å². The number of hydrogen-bond donors (Lipinski definition) is 2. The molecule has 0 aliphatic carbocycles. The van der Waals surface area contributed by atoms with Gasteiger partial charge >= 0.3 is 6.09 Å². The van der Waals surface area contributed by atoms with E-state index in [1.807, 2.05) is 49.4 Å². The van der Waals surface area contributed by atoms with Crippen LogP contribution in [0.2, 0.25) is 0 Å². The van der Waals surface area contributed by atoms with Crippen molar-refractivity contribution in [2.24, 2.45) is 5.10 Å². The Bertz CT molecular complexity index is 923. The zero-order valence-electron chi connectivity index (χ0n) is 19.2. The van der Waals surface area contributed by atoms with Crippen molar-refractivity contribution in [2.45, 2.75) is 45.9 Å². The summed E-state index contributed by atoms with van der Waals surface area (Å²) in [7, 11) is 1.60. The second kappa shape index (κ2) is 11.9. The predicted octanol–water partition coefficient (Wildman–Crippen LogP) is 3.56. The fraction of sp³-hybridized carbons (Fsp3) is 0.375. The molecule has 32 heavy (non-hydrogen) atoms. The summed E-state index contributed by atoms with van der Waals surface area (Å²) in [5.74, 6) is 0.215. The highest BCUT2D eigenvalue weighted by atomic mass is 16.6. The van der Waals surface area contributed by atoms with E-state index in [0.717, 1.165) is 22.4 Å². The molecular weight excluding hydrogens is 410 g/mol. The Morgan fingerprint density at radius 1 is 1.12 bits per heavy atom. The molecule has 2 amide bonds. The van der Waals surface area contributed by atoms with E-state index in [4.69, 9.17) is 14.2 Å². The van der Waals surface area contributed by atoms with E-state index >= 15 is 0 Å². The number of hydrogen-bond acceptors (Lipinski definition) is 6. The van der Waals surface area contributed by atoms with Crippen LogP contribution in [0.5, 0.6) is 5.75 Å². The van der Waals surface area contributed by atoms with Gasteiger partial charge in [-0.15, -0.1) is 0 Å². The standard InChI is InChI=1S/C24H31N3O5/c1-17-13-20(30-5)12-11-19(17)14-25-27-22(28)21(26-23(29)32-24(2,3)4)16-31-15-18-9-7-6-8-10-18/h6-14,21H,15-16H2,1-5H3,(H,26,29)(H,27,28)/b25-14-/t21-/m0/s1. The molecule has 0 saturated carbocycles. The van der Waals surface area contributed by atoms with Crippen LogP contribution in [-0.4, -0.2) is 43.6 Å². The van der Waals surface area contributed by atoms with Crippen LogP contribution in [0.4, 0.5) is 4.79 Å². The number of nitrogens with zero attached hydrogens (tertiary/aromatic N) is 1. The van der Waals surface area contributed by atoms with Crippen molar-refractivity contribution >= 4 is 18.2 Å². The second-order valence-electron chi connectivity index (χ2n) is 8.16. The number of ether oxygens (including phenoxy) is 3. The van der Waals surface area contributed by atoms with Crippen LogP contribution in [0, 0.1) is 6.92 Å². The fourth-order valence-corrected chi connectivity index (χ4v) is 2.66. The van der Waals surface area contributed by atoms with Gasteiger partial charge in [-0.2, -0.15) is 5.10 Å². The van der Waals surface area contributed by atoms with Crippen molar-refractivity contribution in [2.75, 3.05) is 13.7 Å². The molecule has 0 unspecified atom stereocenters. The normalized spacial score (nSPS) is 12.3. The van der Waals surface area contributed by atoms with Gasteiger partial charge in [0.1, 0.15) is 17.4 Å². The molecule has 0 fully saturated rings. The number of alkyl carbamates (subject to hydrolysis) is 1. The molecule has 2 rings (SSSR count). The molecule has 0 aromatic heterocycles. The lowest BCUT2D eigenvalue weighted by molar-refractivity contribution is -0.124. The van der Waals surface area contributed by atoms with Crippen LogP contribution >= 0.6 is 0 Å². The maximum Gasteiger partial charge on any atom is 0.408 e. The van der Waals surface area contributed by atoms with E-state index in [1.54, 1.807) is 33.9 Å². The molecule has 0 heterocycles. The average Bonchev–Trinajstić information content (AvgIpc) is 2.73. The molecule has 0 aliphatic heterocycles. The minimum atomic E-state index is -0.984. The highest BCUT2D eigenvalue weighted by Gasteiger charge is 2.24. The third kappa shape index (κ3) is 8.77. The molecule has 172 valence electrons. The van der Waals surface area contributed by atoms with Crippen LogP contribution in [0.3, 0.4) is 0 Å². The third-order valence-electron chi connectivity index (χ3n) is 4.26. The molecule has 8 nitrogen and oxygen atoms in total. The van der Waals surface area contributed by atoms with E-state index in [-0.39, 0.29) is 6.61 Å². The minimum absolute atomic E-state index is 0.0446. The van der Waals surface area contributed by atoms with E-state index < -0.39 is 23.6 Å². The molecule has 8 heteroatoms. The molecule has 0 radical (unpaired) electrons. The van der Waals surface area contributed by atoms with Gasteiger partial charge < -0.3 is 19.5 Å². The number of benzene rings is 2. The van der Waals surface area contributed by atoms with Gasteiger partial charge in [0.05, 0.1) is 26.5 Å². The average molecular weight is 442 g/mol. The lowest BCUT2D eigenvalue weighted by Gasteiger charge is -2.22. The summed E-state index contributed by atoms with van der Waals surface area (Å²) in [4.78, 5) is 24.9. The molecule has 0 bridgehead atoms. The molecule has 1 atom stereocenters. The number of aryl methyl sites for hydroxylation is 1. The molecule has 2 N–H and O–H groups in total. The monoisotopic (exact) mass is 441 g/mol. The van der Waals surface area contributed by atoms with Gasteiger partial charge in [0.25, 0.3) is 5.91 Å². The summed E-state index contributed by atoms with van der Waals surface area (Å²) in [5.41, 5.74) is 4.48. The van der Waals surface area contributed by atoms with Crippen LogP contribution in [0.25, 0.3) is 0 Å². The Hall–Kier alpha value is -3.39. The van der Waals surface area contributed by atoms with Crippen LogP contribution in [-0.2, 0) is 20.9 Å². The van der Waals surface area contributed by atoms with Gasteiger partial charge in [0, 0.05) is 0 Å². The minimum Gasteiger partial charge on any atom is -0.497 e. The first-order valence-electron chi connectivity index (χ1n) is 10.3. The summed E-state index contributed by atoms with van der Waals surface area (Å²) in [6.45, 7) is 7.40. The first-order chi connectivity index (χ1) is 15.2. The molecule has 0 aliphatic rings. The quantitative estimate of drug-likeness (QED) is 0.458. The zero-order valence-corrected chi connectivity index (χ0v) is 19.2. The Balaban J connectivity index is 2.00. The van der Waals surface area contributed by atoms with E-state index in [0.29, 0.717) is 6.61 Å². The van der Waals surface area contributed by atoms with Crippen molar-refractivity contribution < 1.29 is 23.8 Å². The number of carbonyl (C=O) groups is 2. The molecule has 0 saturated heterocycles. The van der Waals surface area contributed by atoms with E-state index in [2.05, 4.69) is 15.8 Å². The summed E-state index contributed by atoms with van der Waals surface area (Å²) >= 11 is 0. The number of hydrazone groups is 1. The molecule has 0 spiro atoms. The first-order valence-corrected chi connectivity index (χ1v) is 10.3. The Labute approximate surface area is 188 Å². The highest BCUT2D eigenvalue weighted by molar-refractivity contribution is 5.88. The highest BCUT2D eigenvalue weighted by Crippen LogP contribution is 2.15. The molecule has 2 aromatic carbocycles.